The Kier molecular flexibility index (Phi) is 5.07. The van der Waals surface area contributed by atoms with Gasteiger partial charge in [-0.2, -0.15) is 4.31 Å². The molecule has 2 atom stereocenters. The van der Waals surface area contributed by atoms with Gasteiger partial charge in [0.25, 0.3) is 0 Å². The number of fused-ring (bicyclic) bond motifs is 1. The summed E-state index contributed by atoms with van der Waals surface area (Å²) in [5.41, 5.74) is 2.62. The van der Waals surface area contributed by atoms with Gasteiger partial charge in [0, 0.05) is 62.0 Å². The molecule has 0 unspecified atom stereocenters. The van der Waals surface area contributed by atoms with Crippen LogP contribution in [0.25, 0.3) is 11.0 Å². The predicted octanol–water partition coefficient (Wildman–Crippen LogP) is 2.63. The molecule has 0 radical (unpaired) electrons. The molecule has 148 valence electrons. The number of piperidine rings is 1. The Labute approximate surface area is 165 Å². The van der Waals surface area contributed by atoms with Gasteiger partial charge in [-0.15, -0.1) is 0 Å². The van der Waals surface area contributed by atoms with Crippen molar-refractivity contribution in [2.45, 2.75) is 25.1 Å². The maximum Gasteiger partial charge on any atom is 0.218 e. The van der Waals surface area contributed by atoms with E-state index in [1.165, 1.54) is 0 Å². The van der Waals surface area contributed by atoms with Gasteiger partial charge in [-0.1, -0.05) is 13.0 Å². The molecular weight excluding hydrogens is 374 g/mol. The van der Waals surface area contributed by atoms with E-state index in [2.05, 4.69) is 26.8 Å². The van der Waals surface area contributed by atoms with E-state index >= 15 is 0 Å². The molecule has 1 N–H and O–H groups in total. The van der Waals surface area contributed by atoms with Crippen LogP contribution >= 0.6 is 0 Å². The van der Waals surface area contributed by atoms with Crippen molar-refractivity contribution >= 4 is 26.7 Å². The van der Waals surface area contributed by atoms with E-state index in [9.17, 15) is 8.42 Å². The summed E-state index contributed by atoms with van der Waals surface area (Å²) < 4.78 is 27.6. The highest BCUT2D eigenvalue weighted by Crippen LogP contribution is 2.31. The average molecular weight is 400 g/mol. The highest BCUT2D eigenvalue weighted by atomic mass is 32.2. The number of hydrogen-bond acceptors (Lipinski definition) is 5. The number of anilines is 1. The molecule has 1 fully saturated rings. The Morgan fingerprint density at radius 2 is 2.14 bits per heavy atom. The number of aromatic amines is 1. The molecule has 0 bridgehead atoms. The van der Waals surface area contributed by atoms with Crippen molar-refractivity contribution < 1.29 is 8.42 Å². The Balaban J connectivity index is 1.57. The van der Waals surface area contributed by atoms with E-state index in [0.717, 1.165) is 23.1 Å². The van der Waals surface area contributed by atoms with Crippen molar-refractivity contribution in [3.8, 4) is 0 Å². The normalized spacial score (nSPS) is 21.1. The molecular formula is C20H25N5O2S. The third kappa shape index (κ3) is 3.62. The highest BCUT2D eigenvalue weighted by molar-refractivity contribution is 7.88. The topological polar surface area (TPSA) is 82.2 Å². The Bertz CT molecular complexity index is 1050. The lowest BCUT2D eigenvalue weighted by Gasteiger charge is -2.42. The van der Waals surface area contributed by atoms with Gasteiger partial charge >= 0.3 is 0 Å². The highest BCUT2D eigenvalue weighted by Gasteiger charge is 2.35. The number of pyridine rings is 2. The number of nitrogens with one attached hydrogen (secondary N) is 1. The molecule has 4 rings (SSSR count). The van der Waals surface area contributed by atoms with Crippen LogP contribution in [0.3, 0.4) is 0 Å². The number of sulfonamides is 1. The summed E-state index contributed by atoms with van der Waals surface area (Å²) in [6.45, 7) is 3.24. The van der Waals surface area contributed by atoms with Crippen molar-refractivity contribution in [1.29, 1.82) is 0 Å². The lowest BCUT2D eigenvalue weighted by molar-refractivity contribution is 0.247. The number of nitrogens with zero attached hydrogens (tertiary/aromatic N) is 4. The minimum Gasteiger partial charge on any atom is -0.369 e. The van der Waals surface area contributed by atoms with E-state index in [1.54, 1.807) is 35.0 Å². The molecule has 0 saturated carbocycles. The summed E-state index contributed by atoms with van der Waals surface area (Å²) >= 11 is 0. The lowest BCUT2D eigenvalue weighted by atomic mass is 9.93. The first-order valence-corrected chi connectivity index (χ1v) is 11.1. The standard InChI is InChI=1S/C20H25N5O2S/c1-15-7-11-25(28(26,27)14-16-4-3-8-21-12-16)13-19(15)24(2)18-6-10-23-20-17(18)5-9-22-20/h3-6,8-10,12,15,19H,7,11,13-14H2,1-2H3,(H,22,23)/t15-,19+/m1/s1. The molecule has 0 amide bonds. The third-order valence-corrected chi connectivity index (χ3v) is 7.48. The second-order valence-corrected chi connectivity index (χ2v) is 9.46. The van der Waals surface area contributed by atoms with Crippen molar-refractivity contribution in [3.05, 3.63) is 54.6 Å². The predicted molar refractivity (Wildman–Crippen MR) is 110 cm³/mol. The van der Waals surface area contributed by atoms with Crippen LogP contribution in [0.4, 0.5) is 5.69 Å². The summed E-state index contributed by atoms with van der Waals surface area (Å²) in [7, 11) is -1.35. The quantitative estimate of drug-likeness (QED) is 0.713. The molecule has 1 aliphatic heterocycles. The Morgan fingerprint density at radius 1 is 1.29 bits per heavy atom. The van der Waals surface area contributed by atoms with E-state index in [0.29, 0.717) is 24.6 Å². The first-order valence-electron chi connectivity index (χ1n) is 9.47. The van der Waals surface area contributed by atoms with Crippen LogP contribution in [0.1, 0.15) is 18.9 Å². The Morgan fingerprint density at radius 3 is 2.93 bits per heavy atom. The van der Waals surface area contributed by atoms with Crippen LogP contribution in [0.2, 0.25) is 0 Å². The molecule has 8 heteroatoms. The molecule has 3 aromatic heterocycles. The second kappa shape index (κ2) is 7.52. The molecule has 0 spiro atoms. The van der Waals surface area contributed by atoms with Crippen LogP contribution in [-0.4, -0.2) is 53.9 Å². The third-order valence-electron chi connectivity index (χ3n) is 5.66. The number of likely N-dealkylation sites (N-methyl/N-ethyl adjacent to an activating group) is 1. The molecule has 1 aliphatic rings. The summed E-state index contributed by atoms with van der Waals surface area (Å²) in [6.07, 6.45) is 7.77. The van der Waals surface area contributed by atoms with E-state index in [4.69, 9.17) is 0 Å². The average Bonchev–Trinajstić information content (AvgIpc) is 3.17. The number of aromatic nitrogens is 3. The lowest BCUT2D eigenvalue weighted by Crippen LogP contribution is -2.52. The first-order chi connectivity index (χ1) is 13.5. The minimum atomic E-state index is -3.39. The minimum absolute atomic E-state index is 0.0109. The van der Waals surface area contributed by atoms with E-state index in [-0.39, 0.29) is 11.8 Å². The van der Waals surface area contributed by atoms with E-state index in [1.807, 2.05) is 25.4 Å². The zero-order chi connectivity index (χ0) is 19.7. The fraction of sp³-hybridized carbons (Fsp3) is 0.400. The number of hydrogen-bond donors (Lipinski definition) is 1. The van der Waals surface area contributed by atoms with Crippen LogP contribution in [0.15, 0.2) is 49.1 Å². The fourth-order valence-corrected chi connectivity index (χ4v) is 5.53. The molecule has 1 saturated heterocycles. The molecule has 28 heavy (non-hydrogen) atoms. The maximum atomic E-state index is 13.0. The second-order valence-electron chi connectivity index (χ2n) is 7.49. The van der Waals surface area contributed by atoms with E-state index < -0.39 is 10.0 Å². The van der Waals surface area contributed by atoms with Crippen LogP contribution in [0, 0.1) is 5.92 Å². The van der Waals surface area contributed by atoms with Gasteiger partial charge in [0.1, 0.15) is 5.65 Å². The fourth-order valence-electron chi connectivity index (χ4n) is 3.99. The van der Waals surface area contributed by atoms with Crippen LogP contribution in [0.5, 0.6) is 0 Å². The molecule has 3 aromatic rings. The molecule has 4 heterocycles. The monoisotopic (exact) mass is 399 g/mol. The van der Waals surface area contributed by atoms with Gasteiger partial charge < -0.3 is 9.88 Å². The van der Waals surface area contributed by atoms with Gasteiger partial charge in [-0.25, -0.2) is 13.4 Å². The van der Waals surface area contributed by atoms with Crippen molar-refractivity contribution in [3.63, 3.8) is 0 Å². The molecule has 7 nitrogen and oxygen atoms in total. The van der Waals surface area contributed by atoms with Gasteiger partial charge in [0.2, 0.25) is 10.0 Å². The smallest absolute Gasteiger partial charge is 0.218 e. The summed E-state index contributed by atoms with van der Waals surface area (Å²) in [5, 5.41) is 1.05. The van der Waals surface area contributed by atoms with Crippen molar-refractivity contribution in [1.82, 2.24) is 19.3 Å². The van der Waals surface area contributed by atoms with Gasteiger partial charge in [0.15, 0.2) is 0 Å². The maximum absolute atomic E-state index is 13.0. The summed E-state index contributed by atoms with van der Waals surface area (Å²) in [5.74, 6) is 0.375. The zero-order valence-electron chi connectivity index (χ0n) is 16.1. The van der Waals surface area contributed by atoms with Crippen molar-refractivity contribution in [2.24, 2.45) is 5.92 Å². The van der Waals surface area contributed by atoms with Gasteiger partial charge in [0.05, 0.1) is 5.75 Å². The molecule has 0 aliphatic carbocycles. The van der Waals surface area contributed by atoms with Crippen LogP contribution < -0.4 is 4.90 Å². The number of rotatable bonds is 5. The SMILES string of the molecule is C[C@@H]1CCN(S(=O)(=O)Cc2cccnc2)C[C@@H]1N(C)c1ccnc2[nH]ccc12. The largest absolute Gasteiger partial charge is 0.369 e. The van der Waals surface area contributed by atoms with Crippen LogP contribution in [-0.2, 0) is 15.8 Å². The molecule has 0 aromatic carbocycles. The van der Waals surface area contributed by atoms with Gasteiger partial charge in [-0.05, 0) is 36.1 Å². The van der Waals surface area contributed by atoms with Crippen molar-refractivity contribution in [2.75, 3.05) is 25.0 Å². The summed E-state index contributed by atoms with van der Waals surface area (Å²) in [6, 6.07) is 7.67. The first kappa shape index (κ1) is 18.9. The van der Waals surface area contributed by atoms with Gasteiger partial charge in [-0.3, -0.25) is 4.98 Å². The summed E-state index contributed by atoms with van der Waals surface area (Å²) in [4.78, 5) is 13.7. The Hall–Kier alpha value is -2.45. The number of H-pyrrole nitrogens is 1. The zero-order valence-corrected chi connectivity index (χ0v) is 16.9.